The second kappa shape index (κ2) is 7.19. The summed E-state index contributed by atoms with van der Waals surface area (Å²) in [5.41, 5.74) is 0.905. The molecule has 0 atom stereocenters. The number of para-hydroxylation sites is 1. The molecule has 1 aromatic carbocycles. The van der Waals surface area contributed by atoms with Crippen LogP contribution in [0.3, 0.4) is 0 Å². The molecule has 3 rings (SSSR count). The number of likely N-dealkylation sites (N-methyl/N-ethyl adjacent to an activating group) is 1. The van der Waals surface area contributed by atoms with Crippen LogP contribution in [0.2, 0.25) is 0 Å². The van der Waals surface area contributed by atoms with E-state index in [2.05, 4.69) is 16.8 Å². The maximum Gasteiger partial charge on any atom is 0.286 e. The van der Waals surface area contributed by atoms with Gasteiger partial charge >= 0.3 is 0 Å². The first-order chi connectivity index (χ1) is 11.2. The number of quaternary nitrogens is 1. The molecule has 0 saturated carbocycles. The summed E-state index contributed by atoms with van der Waals surface area (Å²) in [6, 6.07) is 7.70. The number of amides is 1. The van der Waals surface area contributed by atoms with Crippen molar-refractivity contribution in [1.82, 2.24) is 4.90 Å². The molecule has 1 saturated heterocycles. The second-order valence-electron chi connectivity index (χ2n) is 5.64. The molecule has 6 heteroatoms. The number of nitrogens with one attached hydrogen (secondary N) is 1. The molecule has 0 unspecified atom stereocenters. The van der Waals surface area contributed by atoms with Crippen molar-refractivity contribution in [3.8, 4) is 5.75 Å². The van der Waals surface area contributed by atoms with Gasteiger partial charge in [0.1, 0.15) is 5.75 Å². The highest BCUT2D eigenvalue weighted by atomic mass is 32.2. The molecule has 1 amide bonds. The topological polar surface area (TPSA) is 46.3 Å². The first-order valence-electron chi connectivity index (χ1n) is 7.95. The number of carbonyl (C=O) groups excluding carboxylic acids is 1. The SMILES string of the molecule is CC[NH+]1CCN(C2=NC(=O)/C(=C/c3ccccc3OC)S2)CC1. The lowest BCUT2D eigenvalue weighted by Gasteiger charge is -2.32. The Hall–Kier alpha value is -1.79. The number of carbonyl (C=O) groups is 1. The number of piperazine rings is 1. The summed E-state index contributed by atoms with van der Waals surface area (Å²) in [6.45, 7) is 7.51. The van der Waals surface area contributed by atoms with Crippen LogP contribution in [0.5, 0.6) is 5.75 Å². The minimum atomic E-state index is -0.152. The molecule has 1 N–H and O–H groups in total. The lowest BCUT2D eigenvalue weighted by Crippen LogP contribution is -3.14. The highest BCUT2D eigenvalue weighted by molar-refractivity contribution is 8.18. The van der Waals surface area contributed by atoms with Crippen molar-refractivity contribution in [2.45, 2.75) is 6.92 Å². The molecule has 2 heterocycles. The summed E-state index contributed by atoms with van der Waals surface area (Å²) in [5, 5.41) is 0.839. The fraction of sp³-hybridized carbons (Fsp3) is 0.412. The molecule has 1 fully saturated rings. The van der Waals surface area contributed by atoms with Gasteiger partial charge in [-0.2, -0.15) is 4.99 Å². The standard InChI is InChI=1S/C17H21N3O2S/c1-3-19-8-10-20(11-9-19)17-18-16(21)15(23-17)12-13-6-4-5-7-14(13)22-2/h4-7,12H,3,8-11H2,1-2H3/p+1/b15-12-. The van der Waals surface area contributed by atoms with Gasteiger partial charge in [0, 0.05) is 5.56 Å². The molecule has 23 heavy (non-hydrogen) atoms. The summed E-state index contributed by atoms with van der Waals surface area (Å²) in [5.74, 6) is 0.614. The lowest BCUT2D eigenvalue weighted by molar-refractivity contribution is -0.902. The third-order valence-corrected chi connectivity index (χ3v) is 5.32. The van der Waals surface area contributed by atoms with Crippen molar-refractivity contribution in [3.05, 3.63) is 34.7 Å². The van der Waals surface area contributed by atoms with Gasteiger partial charge in [0.2, 0.25) is 0 Å². The zero-order chi connectivity index (χ0) is 16.2. The summed E-state index contributed by atoms with van der Waals surface area (Å²) in [7, 11) is 1.64. The first-order valence-corrected chi connectivity index (χ1v) is 8.77. The maximum absolute atomic E-state index is 12.2. The van der Waals surface area contributed by atoms with Crippen molar-refractivity contribution < 1.29 is 14.4 Å². The normalized spacial score (nSPS) is 21.0. The maximum atomic E-state index is 12.2. The Morgan fingerprint density at radius 2 is 2.09 bits per heavy atom. The van der Waals surface area contributed by atoms with Gasteiger partial charge < -0.3 is 14.5 Å². The van der Waals surface area contributed by atoms with Crippen molar-refractivity contribution in [2.24, 2.45) is 4.99 Å². The Labute approximate surface area is 141 Å². The Kier molecular flexibility index (Phi) is 5.03. The molecular weight excluding hydrogens is 310 g/mol. The van der Waals surface area contributed by atoms with E-state index in [0.717, 1.165) is 49.2 Å². The number of amidine groups is 1. The van der Waals surface area contributed by atoms with E-state index in [1.165, 1.54) is 11.8 Å². The smallest absolute Gasteiger partial charge is 0.286 e. The van der Waals surface area contributed by atoms with Crippen LogP contribution < -0.4 is 9.64 Å². The fourth-order valence-electron chi connectivity index (χ4n) is 2.83. The highest BCUT2D eigenvalue weighted by Crippen LogP contribution is 2.32. The average molecular weight is 332 g/mol. The molecule has 2 aliphatic rings. The number of aliphatic imine (C=N–C) groups is 1. The summed E-state index contributed by atoms with van der Waals surface area (Å²) < 4.78 is 5.34. The monoisotopic (exact) mass is 332 g/mol. The van der Waals surface area contributed by atoms with Crippen LogP contribution in [-0.4, -0.2) is 55.8 Å². The van der Waals surface area contributed by atoms with E-state index in [1.807, 2.05) is 30.3 Å². The second-order valence-corrected chi connectivity index (χ2v) is 6.65. The van der Waals surface area contributed by atoms with Gasteiger partial charge in [-0.25, -0.2) is 0 Å². The van der Waals surface area contributed by atoms with Crippen molar-refractivity contribution in [2.75, 3.05) is 39.8 Å². The molecule has 5 nitrogen and oxygen atoms in total. The van der Waals surface area contributed by atoms with Crippen LogP contribution in [0.25, 0.3) is 6.08 Å². The van der Waals surface area contributed by atoms with E-state index in [9.17, 15) is 4.79 Å². The zero-order valence-corrected chi connectivity index (χ0v) is 14.4. The summed E-state index contributed by atoms with van der Waals surface area (Å²) >= 11 is 1.47. The number of nitrogens with zero attached hydrogens (tertiary/aromatic N) is 2. The number of hydrogen-bond acceptors (Lipinski definition) is 4. The minimum absolute atomic E-state index is 0.152. The highest BCUT2D eigenvalue weighted by Gasteiger charge is 2.29. The zero-order valence-electron chi connectivity index (χ0n) is 13.5. The van der Waals surface area contributed by atoms with Crippen LogP contribution in [0, 0.1) is 0 Å². The molecule has 122 valence electrons. The quantitative estimate of drug-likeness (QED) is 0.835. The lowest BCUT2D eigenvalue weighted by atomic mass is 10.2. The number of ether oxygens (including phenoxy) is 1. The molecule has 0 aliphatic carbocycles. The van der Waals surface area contributed by atoms with E-state index < -0.39 is 0 Å². The molecule has 0 bridgehead atoms. The van der Waals surface area contributed by atoms with Gasteiger partial charge in [-0.05, 0) is 30.8 Å². The van der Waals surface area contributed by atoms with Crippen LogP contribution in [0.4, 0.5) is 0 Å². The summed E-state index contributed by atoms with van der Waals surface area (Å²) in [4.78, 5) is 20.9. The molecule has 0 spiro atoms. The van der Waals surface area contributed by atoms with Crippen molar-refractivity contribution >= 4 is 28.9 Å². The number of benzene rings is 1. The predicted molar refractivity (Wildman–Crippen MR) is 93.8 cm³/mol. The Bertz CT molecular complexity index is 649. The number of rotatable bonds is 3. The van der Waals surface area contributed by atoms with E-state index in [0.29, 0.717) is 4.91 Å². The number of thioether (sulfide) groups is 1. The number of methoxy groups -OCH3 is 1. The Morgan fingerprint density at radius 1 is 1.35 bits per heavy atom. The fourth-order valence-corrected chi connectivity index (χ4v) is 3.78. The van der Waals surface area contributed by atoms with Gasteiger partial charge in [-0.3, -0.25) is 4.79 Å². The summed E-state index contributed by atoms with van der Waals surface area (Å²) in [6.07, 6.45) is 1.87. The number of hydrogen-bond donors (Lipinski definition) is 1. The average Bonchev–Trinajstić information content (AvgIpc) is 2.96. The van der Waals surface area contributed by atoms with Crippen LogP contribution in [-0.2, 0) is 4.79 Å². The first kappa shape index (κ1) is 16.1. The van der Waals surface area contributed by atoms with Gasteiger partial charge in [0.15, 0.2) is 5.17 Å². The van der Waals surface area contributed by atoms with Crippen molar-refractivity contribution in [3.63, 3.8) is 0 Å². The van der Waals surface area contributed by atoms with Gasteiger partial charge in [0.25, 0.3) is 5.91 Å². The largest absolute Gasteiger partial charge is 0.496 e. The molecule has 0 aromatic heterocycles. The third-order valence-electron chi connectivity index (χ3n) is 4.28. The molecular formula is C17H22N3O2S+. The van der Waals surface area contributed by atoms with E-state index in [4.69, 9.17) is 4.74 Å². The van der Waals surface area contributed by atoms with E-state index >= 15 is 0 Å². The van der Waals surface area contributed by atoms with Gasteiger partial charge in [0.05, 0.1) is 44.7 Å². The van der Waals surface area contributed by atoms with Gasteiger partial charge in [-0.1, -0.05) is 18.2 Å². The van der Waals surface area contributed by atoms with Gasteiger partial charge in [-0.15, -0.1) is 0 Å². The predicted octanol–water partition coefficient (Wildman–Crippen LogP) is 0.886. The molecule has 2 aliphatic heterocycles. The van der Waals surface area contributed by atoms with Crippen LogP contribution in [0.1, 0.15) is 12.5 Å². The van der Waals surface area contributed by atoms with Crippen LogP contribution in [0.15, 0.2) is 34.2 Å². The van der Waals surface area contributed by atoms with Crippen LogP contribution >= 0.6 is 11.8 Å². The Balaban J connectivity index is 1.71. The van der Waals surface area contributed by atoms with Crippen molar-refractivity contribution in [1.29, 1.82) is 0 Å². The van der Waals surface area contributed by atoms with E-state index in [-0.39, 0.29) is 5.91 Å². The third kappa shape index (κ3) is 3.59. The Morgan fingerprint density at radius 3 is 2.78 bits per heavy atom. The minimum Gasteiger partial charge on any atom is -0.496 e. The molecule has 0 radical (unpaired) electrons. The molecule has 1 aromatic rings. The van der Waals surface area contributed by atoms with E-state index in [1.54, 1.807) is 12.0 Å².